The molecule has 106 valence electrons. The molecule has 1 aromatic heterocycles. The van der Waals surface area contributed by atoms with Crippen molar-refractivity contribution in [3.8, 4) is 11.5 Å². The molecule has 0 fully saturated rings. The van der Waals surface area contributed by atoms with Crippen LogP contribution in [-0.2, 0) is 6.42 Å². The fourth-order valence-corrected chi connectivity index (χ4v) is 2.44. The number of anilines is 1. The van der Waals surface area contributed by atoms with Crippen LogP contribution < -0.4 is 20.7 Å². The van der Waals surface area contributed by atoms with E-state index in [0.29, 0.717) is 13.2 Å². The number of aryl methyl sites for hydroxylation is 1. The van der Waals surface area contributed by atoms with Crippen LogP contribution in [0.15, 0.2) is 18.2 Å². The van der Waals surface area contributed by atoms with Crippen molar-refractivity contribution in [2.75, 3.05) is 18.6 Å². The average Bonchev–Trinajstić information content (AvgIpc) is 2.69. The maximum atomic E-state index is 5.71. The van der Waals surface area contributed by atoms with Crippen LogP contribution in [0.25, 0.3) is 10.9 Å². The minimum Gasteiger partial charge on any atom is -0.490 e. The number of hydrogen-bond acceptors (Lipinski definition) is 5. The van der Waals surface area contributed by atoms with E-state index in [1.807, 2.05) is 18.2 Å². The predicted molar refractivity (Wildman–Crippen MR) is 79.2 cm³/mol. The number of aromatic nitrogens is 1. The Hall–Kier alpha value is -2.01. The molecule has 1 aliphatic rings. The zero-order valence-electron chi connectivity index (χ0n) is 11.6. The monoisotopic (exact) mass is 273 g/mol. The van der Waals surface area contributed by atoms with Gasteiger partial charge in [-0.1, -0.05) is 13.3 Å². The molecule has 3 N–H and O–H groups in total. The van der Waals surface area contributed by atoms with Crippen molar-refractivity contribution < 1.29 is 9.47 Å². The van der Waals surface area contributed by atoms with Gasteiger partial charge in [0.25, 0.3) is 0 Å². The van der Waals surface area contributed by atoms with Gasteiger partial charge in [-0.05, 0) is 18.6 Å². The number of benzene rings is 1. The highest BCUT2D eigenvalue weighted by Gasteiger charge is 2.14. The van der Waals surface area contributed by atoms with Gasteiger partial charge in [0.2, 0.25) is 0 Å². The van der Waals surface area contributed by atoms with Crippen molar-refractivity contribution in [1.82, 2.24) is 4.98 Å². The predicted octanol–water partition coefficient (Wildman–Crippen LogP) is 2.63. The van der Waals surface area contributed by atoms with Crippen molar-refractivity contribution in [2.45, 2.75) is 26.2 Å². The van der Waals surface area contributed by atoms with E-state index in [1.165, 1.54) is 0 Å². The van der Waals surface area contributed by atoms with Crippen LogP contribution in [-0.4, -0.2) is 18.2 Å². The Labute approximate surface area is 118 Å². The first kappa shape index (κ1) is 13.0. The Morgan fingerprint density at radius 3 is 2.65 bits per heavy atom. The van der Waals surface area contributed by atoms with Crippen LogP contribution in [0, 0.1) is 0 Å². The van der Waals surface area contributed by atoms with Crippen molar-refractivity contribution in [3.05, 3.63) is 23.9 Å². The first-order valence-electron chi connectivity index (χ1n) is 7.01. The number of rotatable bonds is 3. The van der Waals surface area contributed by atoms with Crippen LogP contribution >= 0.6 is 0 Å². The Kier molecular flexibility index (Phi) is 3.60. The summed E-state index contributed by atoms with van der Waals surface area (Å²) < 4.78 is 11.4. The number of nitrogens with zero attached hydrogens (tertiary/aromatic N) is 1. The van der Waals surface area contributed by atoms with Gasteiger partial charge in [-0.2, -0.15) is 0 Å². The summed E-state index contributed by atoms with van der Waals surface area (Å²) in [5, 5.41) is 0.955. The first-order valence-corrected chi connectivity index (χ1v) is 7.01. The van der Waals surface area contributed by atoms with Gasteiger partial charge >= 0.3 is 0 Å². The molecule has 0 spiro atoms. The van der Waals surface area contributed by atoms with Crippen molar-refractivity contribution in [1.29, 1.82) is 0 Å². The van der Waals surface area contributed by atoms with Crippen LogP contribution in [0.5, 0.6) is 11.5 Å². The molecule has 5 nitrogen and oxygen atoms in total. The quantitative estimate of drug-likeness (QED) is 0.664. The van der Waals surface area contributed by atoms with E-state index in [9.17, 15) is 0 Å². The molecule has 2 aromatic rings. The Morgan fingerprint density at radius 2 is 1.95 bits per heavy atom. The van der Waals surface area contributed by atoms with Crippen molar-refractivity contribution >= 4 is 16.6 Å². The number of nitrogens with one attached hydrogen (secondary N) is 1. The molecular formula is C15H19N3O2. The van der Waals surface area contributed by atoms with E-state index in [-0.39, 0.29) is 0 Å². The molecule has 0 radical (unpaired) electrons. The van der Waals surface area contributed by atoms with Crippen LogP contribution in [0.2, 0.25) is 0 Å². The third-order valence-electron chi connectivity index (χ3n) is 3.39. The molecule has 20 heavy (non-hydrogen) atoms. The van der Waals surface area contributed by atoms with Gasteiger partial charge < -0.3 is 14.9 Å². The normalized spacial score (nSPS) is 14.1. The highest BCUT2D eigenvalue weighted by atomic mass is 16.5. The third-order valence-corrected chi connectivity index (χ3v) is 3.39. The molecule has 3 rings (SSSR count). The zero-order valence-corrected chi connectivity index (χ0v) is 11.6. The van der Waals surface area contributed by atoms with Crippen LogP contribution in [0.4, 0.5) is 5.69 Å². The number of ether oxygens (including phenoxy) is 2. The number of fused-ring (bicyclic) bond motifs is 2. The fraction of sp³-hybridized carbons (Fsp3) is 0.400. The van der Waals surface area contributed by atoms with Gasteiger partial charge in [-0.3, -0.25) is 10.8 Å². The minimum absolute atomic E-state index is 0.672. The molecule has 1 aromatic carbocycles. The number of nitrogens with two attached hydrogens (primary N) is 1. The maximum absolute atomic E-state index is 5.71. The Bertz CT molecular complexity index is 628. The summed E-state index contributed by atoms with van der Waals surface area (Å²) in [4.78, 5) is 4.68. The largest absolute Gasteiger partial charge is 0.490 e. The minimum atomic E-state index is 0.672. The summed E-state index contributed by atoms with van der Waals surface area (Å²) in [6.07, 6.45) is 2.87. The van der Waals surface area contributed by atoms with E-state index >= 15 is 0 Å². The molecular weight excluding hydrogens is 254 g/mol. The lowest BCUT2D eigenvalue weighted by molar-refractivity contribution is 0.297. The van der Waals surface area contributed by atoms with E-state index < -0.39 is 0 Å². The molecule has 5 heteroatoms. The van der Waals surface area contributed by atoms with E-state index in [1.54, 1.807) is 0 Å². The third kappa shape index (κ3) is 2.36. The summed E-state index contributed by atoms with van der Waals surface area (Å²) in [5.74, 6) is 7.16. The molecule has 0 amide bonds. The Morgan fingerprint density at radius 1 is 1.20 bits per heavy atom. The number of hydrogen-bond donors (Lipinski definition) is 2. The number of pyridine rings is 1. The standard InChI is InChI=1S/C15H19N3O2/c1-2-4-10-7-13(18-16)11-8-14-15(9-12(11)17-10)20-6-3-5-19-14/h7-9H,2-6,16H2,1H3,(H,17,18). The van der Waals surface area contributed by atoms with E-state index in [0.717, 1.165) is 53.0 Å². The van der Waals surface area contributed by atoms with Gasteiger partial charge in [0.15, 0.2) is 11.5 Å². The summed E-state index contributed by atoms with van der Waals surface area (Å²) >= 11 is 0. The highest BCUT2D eigenvalue weighted by Crippen LogP contribution is 2.36. The van der Waals surface area contributed by atoms with E-state index in [4.69, 9.17) is 15.3 Å². The maximum Gasteiger partial charge on any atom is 0.163 e. The molecule has 0 saturated heterocycles. The second-order valence-corrected chi connectivity index (χ2v) is 4.92. The number of nitrogen functional groups attached to an aromatic ring is 1. The van der Waals surface area contributed by atoms with Crippen molar-refractivity contribution in [2.24, 2.45) is 5.84 Å². The molecule has 0 aliphatic carbocycles. The lowest BCUT2D eigenvalue weighted by atomic mass is 10.1. The lowest BCUT2D eigenvalue weighted by Crippen LogP contribution is -2.08. The molecule has 0 bridgehead atoms. The lowest BCUT2D eigenvalue weighted by Gasteiger charge is -2.12. The Balaban J connectivity index is 2.16. The van der Waals surface area contributed by atoms with Gasteiger partial charge in [0.05, 0.1) is 24.4 Å². The zero-order chi connectivity index (χ0) is 13.9. The average molecular weight is 273 g/mol. The molecule has 0 atom stereocenters. The molecule has 1 aliphatic heterocycles. The summed E-state index contributed by atoms with van der Waals surface area (Å²) in [5.41, 5.74) is 5.54. The SMILES string of the molecule is CCCc1cc(NN)c2cc3c(cc2n1)OCCCO3. The summed E-state index contributed by atoms with van der Waals surface area (Å²) in [7, 11) is 0. The van der Waals surface area contributed by atoms with Gasteiger partial charge in [0, 0.05) is 23.6 Å². The van der Waals surface area contributed by atoms with Crippen LogP contribution in [0.3, 0.4) is 0 Å². The van der Waals surface area contributed by atoms with Gasteiger partial charge in [-0.15, -0.1) is 0 Å². The fourth-order valence-electron chi connectivity index (χ4n) is 2.44. The smallest absolute Gasteiger partial charge is 0.163 e. The van der Waals surface area contributed by atoms with E-state index in [2.05, 4.69) is 17.3 Å². The second kappa shape index (κ2) is 5.54. The highest BCUT2D eigenvalue weighted by molar-refractivity contribution is 5.93. The molecule has 2 heterocycles. The van der Waals surface area contributed by atoms with Crippen molar-refractivity contribution in [3.63, 3.8) is 0 Å². The molecule has 0 unspecified atom stereocenters. The summed E-state index contributed by atoms with van der Waals surface area (Å²) in [6, 6.07) is 5.89. The van der Waals surface area contributed by atoms with Gasteiger partial charge in [0.1, 0.15) is 0 Å². The first-order chi connectivity index (χ1) is 9.81. The number of hydrazine groups is 1. The second-order valence-electron chi connectivity index (χ2n) is 4.92. The molecule has 0 saturated carbocycles. The summed E-state index contributed by atoms with van der Waals surface area (Å²) in [6.45, 7) is 3.48. The van der Waals surface area contributed by atoms with Crippen LogP contribution in [0.1, 0.15) is 25.5 Å². The van der Waals surface area contributed by atoms with Gasteiger partial charge in [-0.25, -0.2) is 0 Å². The topological polar surface area (TPSA) is 69.4 Å².